The van der Waals surface area contributed by atoms with Crippen molar-refractivity contribution in [3.05, 3.63) is 12.2 Å². The molecule has 10 atom stereocenters. The van der Waals surface area contributed by atoms with Gasteiger partial charge >= 0.3 is 5.97 Å². The van der Waals surface area contributed by atoms with Gasteiger partial charge in [-0.25, -0.2) is 0 Å². The van der Waals surface area contributed by atoms with Gasteiger partial charge in [0.05, 0.1) is 5.92 Å². The molecule has 5 fully saturated rings. The lowest BCUT2D eigenvalue weighted by Gasteiger charge is -2.39. The highest BCUT2D eigenvalue weighted by Crippen LogP contribution is 2.64. The minimum Gasteiger partial charge on any atom is -0.459 e. The number of ketones is 2. The van der Waals surface area contributed by atoms with E-state index >= 15 is 0 Å². The molecule has 10 unspecified atom stereocenters. The molecule has 0 heterocycles. The second kappa shape index (κ2) is 4.88. The van der Waals surface area contributed by atoms with Gasteiger partial charge in [-0.2, -0.15) is 0 Å². The van der Waals surface area contributed by atoms with Crippen molar-refractivity contribution in [2.45, 2.75) is 51.0 Å². The number of esters is 1. The number of hydrogen-bond acceptors (Lipinski definition) is 4. The summed E-state index contributed by atoms with van der Waals surface area (Å²) < 4.78 is 6.23. The number of carbonyl (C=O) groups excluding carboxylic acids is 3. The molecule has 6 rings (SSSR count). The van der Waals surface area contributed by atoms with Gasteiger partial charge in [-0.15, -0.1) is 0 Å². The van der Waals surface area contributed by atoms with Gasteiger partial charge in [0.2, 0.25) is 0 Å². The number of fused-ring (bicyclic) bond motifs is 11. The zero-order valence-electron chi connectivity index (χ0n) is 15.2. The molecular formula is C22H26O4. The molecule has 5 saturated carbocycles. The molecule has 0 aliphatic heterocycles. The third-order valence-corrected chi connectivity index (χ3v) is 9.10. The summed E-state index contributed by atoms with van der Waals surface area (Å²) in [5.74, 6) is 0.993. The minimum absolute atomic E-state index is 0.0616. The first kappa shape index (κ1) is 15.6. The lowest BCUT2D eigenvalue weighted by atomic mass is 9.69. The van der Waals surface area contributed by atoms with Gasteiger partial charge in [-0.05, 0) is 62.2 Å². The first-order chi connectivity index (χ1) is 12.5. The second-order valence-corrected chi connectivity index (χ2v) is 9.79. The quantitative estimate of drug-likeness (QED) is 0.444. The molecule has 6 bridgehead atoms. The van der Waals surface area contributed by atoms with Crippen molar-refractivity contribution < 1.29 is 19.1 Å². The zero-order valence-corrected chi connectivity index (χ0v) is 15.2. The van der Waals surface area contributed by atoms with Gasteiger partial charge in [0.15, 0.2) is 0 Å². The third-order valence-electron chi connectivity index (χ3n) is 9.10. The van der Waals surface area contributed by atoms with Crippen LogP contribution < -0.4 is 0 Å². The van der Waals surface area contributed by atoms with E-state index in [1.807, 2.05) is 12.2 Å². The zero-order chi connectivity index (χ0) is 17.8. The molecular weight excluding hydrogens is 328 g/mol. The number of Topliss-reactive ketones (excluding diaryl/α,β-unsaturated/α-hetero) is 2. The summed E-state index contributed by atoms with van der Waals surface area (Å²) in [6.45, 7) is 2.13. The molecule has 0 N–H and O–H groups in total. The largest absolute Gasteiger partial charge is 0.459 e. The number of allylic oxidation sites excluding steroid dienone is 2. The maximum atomic E-state index is 13.2. The summed E-state index contributed by atoms with van der Waals surface area (Å²) in [4.78, 5) is 38.5. The van der Waals surface area contributed by atoms with E-state index in [0.29, 0.717) is 18.3 Å². The Kier molecular flexibility index (Phi) is 2.93. The van der Waals surface area contributed by atoms with Crippen LogP contribution in [0.15, 0.2) is 12.2 Å². The third kappa shape index (κ3) is 1.65. The average Bonchev–Trinajstić information content (AvgIpc) is 3.45. The Bertz CT molecular complexity index is 753. The lowest BCUT2D eigenvalue weighted by Crippen LogP contribution is -2.44. The average molecular weight is 354 g/mol. The van der Waals surface area contributed by atoms with Crippen molar-refractivity contribution in [3.8, 4) is 0 Å². The summed E-state index contributed by atoms with van der Waals surface area (Å²) in [5.41, 5.74) is -0.283. The van der Waals surface area contributed by atoms with Crippen molar-refractivity contribution in [1.29, 1.82) is 0 Å². The van der Waals surface area contributed by atoms with Crippen molar-refractivity contribution >= 4 is 17.5 Å². The normalized spacial score (nSPS) is 55.2. The number of carbonyl (C=O) groups is 3. The molecule has 4 nitrogen and oxygen atoms in total. The van der Waals surface area contributed by atoms with Crippen LogP contribution in [0.3, 0.4) is 0 Å². The molecule has 0 aromatic heterocycles. The first-order valence-corrected chi connectivity index (χ1v) is 10.5. The summed E-state index contributed by atoms with van der Waals surface area (Å²) in [6, 6.07) is 0. The van der Waals surface area contributed by atoms with Crippen molar-refractivity contribution in [1.82, 2.24) is 0 Å². The van der Waals surface area contributed by atoms with Crippen LogP contribution in [0.5, 0.6) is 0 Å². The molecule has 26 heavy (non-hydrogen) atoms. The molecule has 6 aliphatic rings. The summed E-state index contributed by atoms with van der Waals surface area (Å²) in [6.07, 6.45) is 10.2. The fourth-order valence-corrected chi connectivity index (χ4v) is 8.08. The van der Waals surface area contributed by atoms with Crippen LogP contribution in [0.1, 0.15) is 45.4 Å². The van der Waals surface area contributed by atoms with Gasteiger partial charge in [-0.1, -0.05) is 19.1 Å². The molecule has 0 aromatic rings. The second-order valence-electron chi connectivity index (χ2n) is 9.79. The lowest BCUT2D eigenvalue weighted by molar-refractivity contribution is -0.175. The van der Waals surface area contributed by atoms with Gasteiger partial charge in [0.25, 0.3) is 0 Å². The predicted octanol–water partition coefficient (Wildman–Crippen LogP) is 2.95. The van der Waals surface area contributed by atoms with E-state index in [1.54, 1.807) is 0 Å². The molecule has 0 saturated heterocycles. The maximum Gasteiger partial charge on any atom is 0.310 e. The molecule has 0 radical (unpaired) electrons. The topological polar surface area (TPSA) is 60.4 Å². The highest BCUT2D eigenvalue weighted by atomic mass is 16.6. The standard InChI is InChI=1S/C22H26O4/c1-2-22(9-10-3-4-11(22)7-10)26-21(25)15-8-14-16-12-5-6-13(19(12)23)17(16)18(15)20(14)24/h5-6,10-18H,2-4,7-9H2,1H3. The minimum atomic E-state index is -0.308. The molecule has 0 spiro atoms. The Balaban J connectivity index is 1.26. The van der Waals surface area contributed by atoms with Crippen LogP contribution in [0, 0.1) is 53.3 Å². The van der Waals surface area contributed by atoms with Crippen LogP contribution in [0.25, 0.3) is 0 Å². The fraction of sp³-hybridized carbons (Fsp3) is 0.773. The van der Waals surface area contributed by atoms with Gasteiger partial charge in [0, 0.05) is 23.7 Å². The fourth-order valence-electron chi connectivity index (χ4n) is 8.08. The monoisotopic (exact) mass is 354 g/mol. The maximum absolute atomic E-state index is 13.2. The number of ether oxygens (including phenoxy) is 1. The molecule has 0 amide bonds. The Hall–Kier alpha value is -1.45. The molecule has 6 aliphatic carbocycles. The van der Waals surface area contributed by atoms with Crippen molar-refractivity contribution in [2.24, 2.45) is 53.3 Å². The number of rotatable bonds is 3. The van der Waals surface area contributed by atoms with E-state index in [4.69, 9.17) is 4.74 Å². The summed E-state index contributed by atoms with van der Waals surface area (Å²) >= 11 is 0. The van der Waals surface area contributed by atoms with Crippen LogP contribution in [0.4, 0.5) is 0 Å². The van der Waals surface area contributed by atoms with Crippen molar-refractivity contribution in [2.75, 3.05) is 0 Å². The Morgan fingerprint density at radius 2 is 1.88 bits per heavy atom. The molecule has 4 heteroatoms. The number of hydrogen-bond donors (Lipinski definition) is 0. The Morgan fingerprint density at radius 3 is 2.54 bits per heavy atom. The SMILES string of the molecule is CCC1(OC(=O)C2CC3C(=O)C2C2C4C=CC(C4=O)C32)CC2CCC1C2. The van der Waals surface area contributed by atoms with E-state index < -0.39 is 0 Å². The smallest absolute Gasteiger partial charge is 0.310 e. The van der Waals surface area contributed by atoms with E-state index in [9.17, 15) is 14.4 Å². The van der Waals surface area contributed by atoms with Crippen LogP contribution in [0.2, 0.25) is 0 Å². The summed E-state index contributed by atoms with van der Waals surface area (Å²) in [7, 11) is 0. The summed E-state index contributed by atoms with van der Waals surface area (Å²) in [5, 5.41) is 0. The molecule has 138 valence electrons. The van der Waals surface area contributed by atoms with Crippen LogP contribution >= 0.6 is 0 Å². The van der Waals surface area contributed by atoms with E-state index in [-0.39, 0.29) is 64.6 Å². The van der Waals surface area contributed by atoms with Crippen LogP contribution in [-0.2, 0) is 19.1 Å². The van der Waals surface area contributed by atoms with Crippen molar-refractivity contribution in [3.63, 3.8) is 0 Å². The molecule has 0 aromatic carbocycles. The highest BCUT2D eigenvalue weighted by Gasteiger charge is 2.70. The van der Waals surface area contributed by atoms with E-state index in [0.717, 1.165) is 12.8 Å². The van der Waals surface area contributed by atoms with E-state index in [2.05, 4.69) is 6.92 Å². The first-order valence-electron chi connectivity index (χ1n) is 10.5. The van der Waals surface area contributed by atoms with Gasteiger partial charge < -0.3 is 4.74 Å². The van der Waals surface area contributed by atoms with E-state index in [1.165, 1.54) is 19.3 Å². The Morgan fingerprint density at radius 1 is 1.12 bits per heavy atom. The van der Waals surface area contributed by atoms with Gasteiger partial charge in [0.1, 0.15) is 17.2 Å². The Labute approximate surface area is 153 Å². The predicted molar refractivity (Wildman–Crippen MR) is 92.8 cm³/mol. The highest BCUT2D eigenvalue weighted by molar-refractivity contribution is 6.01. The van der Waals surface area contributed by atoms with Crippen LogP contribution in [-0.4, -0.2) is 23.1 Å². The van der Waals surface area contributed by atoms with Gasteiger partial charge in [-0.3, -0.25) is 14.4 Å².